The number of hydrogen-bond acceptors (Lipinski definition) is 2. The highest BCUT2D eigenvalue weighted by Crippen LogP contribution is 2.32. The van der Waals surface area contributed by atoms with E-state index in [1.165, 1.54) is 30.4 Å². The highest BCUT2D eigenvalue weighted by Gasteiger charge is 2.22. The van der Waals surface area contributed by atoms with E-state index in [1.54, 1.807) is 0 Å². The molecule has 3 nitrogen and oxygen atoms in total. The van der Waals surface area contributed by atoms with Gasteiger partial charge in [0, 0.05) is 18.9 Å². The lowest BCUT2D eigenvalue weighted by atomic mass is 9.93. The number of halogens is 1. The van der Waals surface area contributed by atoms with Crippen molar-refractivity contribution in [2.24, 2.45) is 5.92 Å². The lowest BCUT2D eigenvalue weighted by Crippen LogP contribution is -2.30. The van der Waals surface area contributed by atoms with Gasteiger partial charge in [-0.25, -0.2) is 0 Å². The van der Waals surface area contributed by atoms with Gasteiger partial charge < -0.3 is 10.6 Å². The van der Waals surface area contributed by atoms with E-state index in [9.17, 15) is 4.79 Å². The molecule has 1 aromatic carbocycles. The van der Waals surface area contributed by atoms with Crippen LogP contribution in [-0.2, 0) is 11.2 Å². The number of benzene rings is 1. The molecule has 2 aliphatic rings. The molecular weight excluding hydrogens is 296 g/mol. The molecule has 1 aromatic rings. The normalized spacial score (nSPS) is 21.0. The van der Waals surface area contributed by atoms with Crippen molar-refractivity contribution in [3.63, 3.8) is 0 Å². The first-order chi connectivity index (χ1) is 10.3. The first-order valence-corrected chi connectivity index (χ1v) is 8.38. The second-order valence-electron chi connectivity index (χ2n) is 6.47. The SMILES string of the molecule is Cl.O=C(CCC1CCNCC1)NCC1CCc2ccccc21. The minimum Gasteiger partial charge on any atom is -0.355 e. The molecule has 0 saturated carbocycles. The van der Waals surface area contributed by atoms with Crippen molar-refractivity contribution in [1.29, 1.82) is 0 Å². The van der Waals surface area contributed by atoms with Crippen molar-refractivity contribution in [2.75, 3.05) is 19.6 Å². The van der Waals surface area contributed by atoms with Gasteiger partial charge in [0.1, 0.15) is 0 Å². The zero-order valence-electron chi connectivity index (χ0n) is 13.1. The minimum atomic E-state index is 0. The van der Waals surface area contributed by atoms with E-state index in [2.05, 4.69) is 34.9 Å². The molecule has 1 saturated heterocycles. The second kappa shape index (κ2) is 8.54. The fourth-order valence-corrected chi connectivity index (χ4v) is 3.69. The predicted octanol–water partition coefficient (Wildman–Crippen LogP) is 3.03. The summed E-state index contributed by atoms with van der Waals surface area (Å²) in [6.07, 6.45) is 6.53. The van der Waals surface area contributed by atoms with Crippen LogP contribution in [0.2, 0.25) is 0 Å². The van der Waals surface area contributed by atoms with Gasteiger partial charge in [-0.3, -0.25) is 4.79 Å². The Morgan fingerprint density at radius 2 is 1.95 bits per heavy atom. The van der Waals surface area contributed by atoms with Gasteiger partial charge in [0.05, 0.1) is 0 Å². The molecule has 0 radical (unpaired) electrons. The maximum atomic E-state index is 12.0. The van der Waals surface area contributed by atoms with E-state index in [-0.39, 0.29) is 18.3 Å². The average Bonchev–Trinajstić information content (AvgIpc) is 2.95. The summed E-state index contributed by atoms with van der Waals surface area (Å²) >= 11 is 0. The molecule has 0 bridgehead atoms. The van der Waals surface area contributed by atoms with Crippen LogP contribution < -0.4 is 10.6 Å². The average molecular weight is 323 g/mol. The molecule has 0 spiro atoms. The van der Waals surface area contributed by atoms with Crippen LogP contribution in [0, 0.1) is 5.92 Å². The van der Waals surface area contributed by atoms with Crippen LogP contribution >= 0.6 is 12.4 Å². The Morgan fingerprint density at radius 1 is 1.18 bits per heavy atom. The summed E-state index contributed by atoms with van der Waals surface area (Å²) in [6, 6.07) is 8.65. The maximum Gasteiger partial charge on any atom is 0.220 e. The van der Waals surface area contributed by atoms with E-state index in [1.807, 2.05) is 0 Å². The summed E-state index contributed by atoms with van der Waals surface area (Å²) in [5, 5.41) is 6.52. The highest BCUT2D eigenvalue weighted by atomic mass is 35.5. The van der Waals surface area contributed by atoms with Crippen molar-refractivity contribution >= 4 is 18.3 Å². The van der Waals surface area contributed by atoms with Gasteiger partial charge in [-0.1, -0.05) is 24.3 Å². The quantitative estimate of drug-likeness (QED) is 0.875. The molecule has 4 heteroatoms. The van der Waals surface area contributed by atoms with Crippen LogP contribution in [0.1, 0.15) is 49.1 Å². The molecule has 1 fully saturated rings. The molecule has 1 aliphatic carbocycles. The first kappa shape index (κ1) is 17.3. The second-order valence-corrected chi connectivity index (χ2v) is 6.47. The first-order valence-electron chi connectivity index (χ1n) is 8.38. The maximum absolute atomic E-state index is 12.0. The Labute approximate surface area is 139 Å². The van der Waals surface area contributed by atoms with Gasteiger partial charge in [-0.15, -0.1) is 12.4 Å². The molecule has 122 valence electrons. The van der Waals surface area contributed by atoms with Crippen LogP contribution in [0.5, 0.6) is 0 Å². The van der Waals surface area contributed by atoms with E-state index in [0.29, 0.717) is 12.3 Å². The van der Waals surface area contributed by atoms with Gasteiger partial charge in [0.25, 0.3) is 0 Å². The van der Waals surface area contributed by atoms with Crippen molar-refractivity contribution in [3.05, 3.63) is 35.4 Å². The highest BCUT2D eigenvalue weighted by molar-refractivity contribution is 5.85. The van der Waals surface area contributed by atoms with Gasteiger partial charge in [-0.05, 0) is 62.2 Å². The molecule has 1 aliphatic heterocycles. The molecule has 1 amide bonds. The monoisotopic (exact) mass is 322 g/mol. The van der Waals surface area contributed by atoms with Crippen LogP contribution in [0.25, 0.3) is 0 Å². The largest absolute Gasteiger partial charge is 0.355 e. The molecule has 3 rings (SSSR count). The Hall–Kier alpha value is -1.06. The smallest absolute Gasteiger partial charge is 0.220 e. The number of rotatable bonds is 5. The molecule has 0 aromatic heterocycles. The predicted molar refractivity (Wildman–Crippen MR) is 92.6 cm³/mol. The van der Waals surface area contributed by atoms with Crippen LogP contribution in [0.3, 0.4) is 0 Å². The number of hydrogen-bond donors (Lipinski definition) is 2. The zero-order chi connectivity index (χ0) is 14.5. The summed E-state index contributed by atoms with van der Waals surface area (Å²) in [6.45, 7) is 3.04. The number of fused-ring (bicyclic) bond motifs is 1. The van der Waals surface area contributed by atoms with Crippen molar-refractivity contribution in [3.8, 4) is 0 Å². The lowest BCUT2D eigenvalue weighted by Gasteiger charge is -2.22. The Balaban J connectivity index is 0.00000176. The van der Waals surface area contributed by atoms with E-state index >= 15 is 0 Å². The number of nitrogens with one attached hydrogen (secondary N) is 2. The van der Waals surface area contributed by atoms with Crippen LogP contribution in [0.15, 0.2) is 24.3 Å². The Bertz CT molecular complexity index is 486. The standard InChI is InChI=1S/C18H26N2O.ClH/c21-18(8-5-14-9-11-19-12-10-14)20-13-16-7-6-15-3-1-2-4-17(15)16;/h1-4,14,16,19H,5-13H2,(H,20,21);1H. The fourth-order valence-electron chi connectivity index (χ4n) is 3.69. The zero-order valence-corrected chi connectivity index (χ0v) is 14.0. The topological polar surface area (TPSA) is 41.1 Å². The van der Waals surface area contributed by atoms with Gasteiger partial charge >= 0.3 is 0 Å². The minimum absolute atomic E-state index is 0. The third kappa shape index (κ3) is 4.47. The molecule has 1 unspecified atom stereocenters. The third-order valence-corrected chi connectivity index (χ3v) is 5.04. The molecule has 2 N–H and O–H groups in total. The summed E-state index contributed by atoms with van der Waals surface area (Å²) in [5.41, 5.74) is 2.91. The summed E-state index contributed by atoms with van der Waals surface area (Å²) < 4.78 is 0. The molecule has 1 atom stereocenters. The number of aryl methyl sites for hydroxylation is 1. The fraction of sp³-hybridized carbons (Fsp3) is 0.611. The van der Waals surface area contributed by atoms with E-state index in [0.717, 1.165) is 38.4 Å². The van der Waals surface area contributed by atoms with Gasteiger partial charge in [-0.2, -0.15) is 0 Å². The van der Waals surface area contributed by atoms with Gasteiger partial charge in [0.15, 0.2) is 0 Å². The Kier molecular flexibility index (Phi) is 6.71. The van der Waals surface area contributed by atoms with Crippen LogP contribution in [-0.4, -0.2) is 25.5 Å². The van der Waals surface area contributed by atoms with E-state index < -0.39 is 0 Å². The summed E-state index contributed by atoms with van der Waals surface area (Å²) in [4.78, 5) is 12.0. The Morgan fingerprint density at radius 3 is 2.77 bits per heavy atom. The molecular formula is C18H27ClN2O. The van der Waals surface area contributed by atoms with Crippen molar-refractivity contribution < 1.29 is 4.79 Å². The van der Waals surface area contributed by atoms with E-state index in [4.69, 9.17) is 0 Å². The molecule has 22 heavy (non-hydrogen) atoms. The van der Waals surface area contributed by atoms with Crippen molar-refractivity contribution in [2.45, 2.75) is 44.4 Å². The number of carbonyl (C=O) groups is 1. The van der Waals surface area contributed by atoms with Crippen LogP contribution in [0.4, 0.5) is 0 Å². The summed E-state index contributed by atoms with van der Waals surface area (Å²) in [7, 11) is 0. The number of amides is 1. The molecule has 1 heterocycles. The van der Waals surface area contributed by atoms with Gasteiger partial charge in [0.2, 0.25) is 5.91 Å². The third-order valence-electron chi connectivity index (χ3n) is 5.04. The lowest BCUT2D eigenvalue weighted by molar-refractivity contribution is -0.121. The summed E-state index contributed by atoms with van der Waals surface area (Å²) in [5.74, 6) is 1.49. The van der Waals surface area contributed by atoms with Crippen molar-refractivity contribution in [1.82, 2.24) is 10.6 Å². The number of piperidine rings is 1. The number of carbonyl (C=O) groups excluding carboxylic acids is 1.